The lowest BCUT2D eigenvalue weighted by Crippen LogP contribution is -2.37. The minimum Gasteiger partial charge on any atom is -0.465 e. The van der Waals surface area contributed by atoms with Crippen molar-refractivity contribution in [1.29, 1.82) is 0 Å². The number of imide groups is 1. The second-order valence-electron chi connectivity index (χ2n) is 7.78. The summed E-state index contributed by atoms with van der Waals surface area (Å²) >= 11 is 1.29. The number of carbonyl (C=O) groups is 4. The number of methoxy groups -OCH3 is 1. The van der Waals surface area contributed by atoms with Gasteiger partial charge in [-0.15, -0.1) is 11.3 Å². The summed E-state index contributed by atoms with van der Waals surface area (Å²) in [5, 5.41) is 13.9. The minimum absolute atomic E-state index is 0.00391. The largest absolute Gasteiger partial charge is 0.465 e. The first-order valence-electron chi connectivity index (χ1n) is 9.88. The van der Waals surface area contributed by atoms with Crippen molar-refractivity contribution in [3.05, 3.63) is 55.4 Å². The first-order chi connectivity index (χ1) is 15.2. The fourth-order valence-corrected chi connectivity index (χ4v) is 5.42. The van der Waals surface area contributed by atoms with E-state index in [4.69, 9.17) is 4.74 Å². The van der Waals surface area contributed by atoms with E-state index in [2.05, 4.69) is 12.2 Å². The molecule has 0 fully saturated rings. The molecular formula is C21H19N3O7S. The number of nitro benzene ring substituents is 1. The number of nitrogens with zero attached hydrogens (tertiary/aromatic N) is 2. The van der Waals surface area contributed by atoms with E-state index in [0.717, 1.165) is 40.3 Å². The van der Waals surface area contributed by atoms with E-state index in [1.165, 1.54) is 24.5 Å². The number of non-ortho nitro benzene ring substituents is 1. The van der Waals surface area contributed by atoms with Gasteiger partial charge in [0.1, 0.15) is 11.5 Å². The summed E-state index contributed by atoms with van der Waals surface area (Å²) in [5.74, 6) is -2.25. The second-order valence-corrected chi connectivity index (χ2v) is 8.88. The van der Waals surface area contributed by atoms with Crippen LogP contribution in [0, 0.1) is 16.0 Å². The Labute approximate surface area is 186 Å². The molecule has 1 aromatic carbocycles. The van der Waals surface area contributed by atoms with E-state index in [1.807, 2.05) is 0 Å². The highest BCUT2D eigenvalue weighted by atomic mass is 32.1. The van der Waals surface area contributed by atoms with Crippen LogP contribution >= 0.6 is 11.3 Å². The van der Waals surface area contributed by atoms with Gasteiger partial charge in [-0.1, -0.05) is 6.92 Å². The average molecular weight is 457 g/mol. The zero-order chi connectivity index (χ0) is 23.2. The minimum atomic E-state index is -0.781. The highest BCUT2D eigenvalue weighted by Crippen LogP contribution is 2.40. The Morgan fingerprint density at radius 1 is 1.28 bits per heavy atom. The SMILES string of the molecule is COC(=O)c1c(NC(=O)CN2C(=O)c3ccc([N+](=O)[O-])cc3C2=O)sc2c1CCC(C)C2. The van der Waals surface area contributed by atoms with E-state index in [0.29, 0.717) is 22.9 Å². The Bertz CT molecular complexity index is 1190. The number of carbonyl (C=O) groups excluding carboxylic acids is 4. The average Bonchev–Trinajstić information content (AvgIpc) is 3.22. The Balaban J connectivity index is 1.56. The zero-order valence-electron chi connectivity index (χ0n) is 17.3. The Morgan fingerprint density at radius 3 is 2.69 bits per heavy atom. The number of nitro groups is 1. The maximum absolute atomic E-state index is 12.7. The van der Waals surface area contributed by atoms with Crippen LogP contribution in [0.5, 0.6) is 0 Å². The molecular weight excluding hydrogens is 438 g/mol. The number of rotatable bonds is 5. The van der Waals surface area contributed by atoms with Gasteiger partial charge < -0.3 is 10.1 Å². The molecule has 1 unspecified atom stereocenters. The molecule has 4 rings (SSSR count). The molecule has 11 heteroatoms. The number of fused-ring (bicyclic) bond motifs is 2. The lowest BCUT2D eigenvalue weighted by atomic mass is 9.88. The second kappa shape index (κ2) is 8.15. The van der Waals surface area contributed by atoms with Crippen molar-refractivity contribution in [3.63, 3.8) is 0 Å². The molecule has 2 aromatic rings. The molecule has 0 saturated carbocycles. The monoisotopic (exact) mass is 457 g/mol. The molecule has 1 atom stereocenters. The number of hydrogen-bond acceptors (Lipinski definition) is 8. The number of nitrogens with one attached hydrogen (secondary N) is 1. The molecule has 0 bridgehead atoms. The van der Waals surface area contributed by atoms with Gasteiger partial charge >= 0.3 is 5.97 Å². The molecule has 0 radical (unpaired) electrons. The van der Waals surface area contributed by atoms with Crippen LogP contribution < -0.4 is 5.32 Å². The van der Waals surface area contributed by atoms with Crippen LogP contribution in [0.4, 0.5) is 10.7 Å². The molecule has 3 amide bonds. The number of benzene rings is 1. The van der Waals surface area contributed by atoms with Gasteiger partial charge in [-0.25, -0.2) is 4.79 Å². The number of hydrogen-bond donors (Lipinski definition) is 1. The molecule has 1 aliphatic carbocycles. The Morgan fingerprint density at radius 2 is 2.00 bits per heavy atom. The van der Waals surface area contributed by atoms with E-state index in [-0.39, 0.29) is 16.8 Å². The van der Waals surface area contributed by atoms with Crippen molar-refractivity contribution in [2.75, 3.05) is 19.0 Å². The van der Waals surface area contributed by atoms with Gasteiger partial charge in [-0.3, -0.25) is 29.4 Å². The summed E-state index contributed by atoms with van der Waals surface area (Å²) in [4.78, 5) is 62.3. The van der Waals surface area contributed by atoms with E-state index in [9.17, 15) is 29.3 Å². The normalized spacial score (nSPS) is 17.1. The van der Waals surface area contributed by atoms with Crippen LogP contribution in [-0.2, 0) is 22.4 Å². The quantitative estimate of drug-likeness (QED) is 0.315. The topological polar surface area (TPSA) is 136 Å². The number of ether oxygens (including phenoxy) is 1. The molecule has 1 aromatic heterocycles. The van der Waals surface area contributed by atoms with Crippen LogP contribution in [-0.4, -0.2) is 47.2 Å². The van der Waals surface area contributed by atoms with Crippen LogP contribution in [0.15, 0.2) is 18.2 Å². The molecule has 0 spiro atoms. The molecule has 32 heavy (non-hydrogen) atoms. The van der Waals surface area contributed by atoms with Crippen LogP contribution in [0.2, 0.25) is 0 Å². The van der Waals surface area contributed by atoms with E-state index in [1.54, 1.807) is 0 Å². The van der Waals surface area contributed by atoms with Gasteiger partial charge in [0.2, 0.25) is 5.91 Å². The maximum atomic E-state index is 12.7. The van der Waals surface area contributed by atoms with Gasteiger partial charge in [0.05, 0.1) is 28.7 Å². The van der Waals surface area contributed by atoms with Crippen molar-refractivity contribution in [2.24, 2.45) is 5.92 Å². The lowest BCUT2D eigenvalue weighted by Gasteiger charge is -2.18. The third-order valence-corrected chi connectivity index (χ3v) is 6.79. The number of esters is 1. The Kier molecular flexibility index (Phi) is 5.51. The Hall–Kier alpha value is -3.60. The molecule has 2 heterocycles. The summed E-state index contributed by atoms with van der Waals surface area (Å²) in [6.07, 6.45) is 2.41. The summed E-state index contributed by atoms with van der Waals surface area (Å²) in [5.41, 5.74) is 0.739. The summed E-state index contributed by atoms with van der Waals surface area (Å²) in [6, 6.07) is 3.36. The van der Waals surface area contributed by atoms with Crippen LogP contribution in [0.3, 0.4) is 0 Å². The first-order valence-corrected chi connectivity index (χ1v) is 10.7. The highest BCUT2D eigenvalue weighted by Gasteiger charge is 2.38. The number of thiophene rings is 1. The fraction of sp³-hybridized carbons (Fsp3) is 0.333. The molecule has 166 valence electrons. The van der Waals surface area contributed by atoms with Gasteiger partial charge in [0.15, 0.2) is 0 Å². The van der Waals surface area contributed by atoms with Gasteiger partial charge in [-0.2, -0.15) is 0 Å². The van der Waals surface area contributed by atoms with Crippen molar-refractivity contribution in [2.45, 2.75) is 26.2 Å². The predicted molar refractivity (Wildman–Crippen MR) is 114 cm³/mol. The molecule has 2 aliphatic rings. The van der Waals surface area contributed by atoms with Crippen LogP contribution in [0.25, 0.3) is 0 Å². The first kappa shape index (κ1) is 21.6. The summed E-state index contributed by atoms with van der Waals surface area (Å²) in [7, 11) is 1.27. The van der Waals surface area contributed by atoms with Crippen molar-refractivity contribution in [3.8, 4) is 0 Å². The van der Waals surface area contributed by atoms with Crippen molar-refractivity contribution < 1.29 is 28.8 Å². The van der Waals surface area contributed by atoms with Gasteiger partial charge in [-0.05, 0) is 36.8 Å². The number of anilines is 1. The highest BCUT2D eigenvalue weighted by molar-refractivity contribution is 7.17. The molecule has 0 saturated heterocycles. The third-order valence-electron chi connectivity index (χ3n) is 5.62. The lowest BCUT2D eigenvalue weighted by molar-refractivity contribution is -0.384. The standard InChI is InChI=1S/C21H19N3O7S/c1-10-3-5-13-15(7-10)32-18(17(13)21(28)31-2)22-16(25)9-23-19(26)12-6-4-11(24(29)30)8-14(12)20(23)27/h4,6,8,10H,3,5,7,9H2,1-2H3,(H,22,25). The fourth-order valence-electron chi connectivity index (χ4n) is 4.00. The summed E-state index contributed by atoms with van der Waals surface area (Å²) < 4.78 is 4.89. The molecule has 1 N–H and O–H groups in total. The van der Waals surface area contributed by atoms with Crippen LogP contribution in [0.1, 0.15) is 54.9 Å². The van der Waals surface area contributed by atoms with Gasteiger partial charge in [0, 0.05) is 17.0 Å². The smallest absolute Gasteiger partial charge is 0.341 e. The van der Waals surface area contributed by atoms with Crippen molar-refractivity contribution in [1.82, 2.24) is 4.90 Å². The predicted octanol–water partition coefficient (Wildman–Crippen LogP) is 2.80. The summed E-state index contributed by atoms with van der Waals surface area (Å²) in [6.45, 7) is 1.53. The van der Waals surface area contributed by atoms with E-state index < -0.39 is 35.2 Å². The van der Waals surface area contributed by atoms with Crippen molar-refractivity contribution >= 4 is 45.7 Å². The number of amides is 3. The maximum Gasteiger partial charge on any atom is 0.341 e. The van der Waals surface area contributed by atoms with Gasteiger partial charge in [0.25, 0.3) is 17.5 Å². The molecule has 10 nitrogen and oxygen atoms in total. The van der Waals surface area contributed by atoms with E-state index >= 15 is 0 Å². The molecule has 1 aliphatic heterocycles. The third kappa shape index (κ3) is 3.64. The zero-order valence-corrected chi connectivity index (χ0v) is 18.1.